The van der Waals surface area contributed by atoms with Gasteiger partial charge in [0.2, 0.25) is 0 Å². The normalized spacial score (nSPS) is 29.1. The Morgan fingerprint density at radius 2 is 1.77 bits per heavy atom. The number of hydrogen-bond acceptors (Lipinski definition) is 6. The highest BCUT2D eigenvalue weighted by molar-refractivity contribution is 5.33. The molecule has 0 saturated carbocycles. The van der Waals surface area contributed by atoms with Gasteiger partial charge in [0.15, 0.2) is 0 Å². The zero-order chi connectivity index (χ0) is 21.7. The monoisotopic (exact) mass is 430 g/mol. The minimum atomic E-state index is 0.0985. The lowest BCUT2D eigenvalue weighted by Crippen LogP contribution is -2.61. The van der Waals surface area contributed by atoms with Crippen LogP contribution in [0.5, 0.6) is 5.75 Å². The Balaban J connectivity index is 1.31. The van der Waals surface area contributed by atoms with E-state index < -0.39 is 0 Å². The molecule has 4 rings (SSSR count). The molecule has 0 unspecified atom stereocenters. The maximum Gasteiger partial charge on any atom is 0.123 e. The molecule has 1 aromatic rings. The van der Waals surface area contributed by atoms with Crippen molar-refractivity contribution in [1.29, 1.82) is 0 Å². The van der Waals surface area contributed by atoms with Crippen molar-refractivity contribution < 1.29 is 9.84 Å². The summed E-state index contributed by atoms with van der Waals surface area (Å²) in [5.74, 6) is 1.03. The fraction of sp³-hybridized carbons (Fsp3) is 0.760. The molecule has 6 nitrogen and oxygen atoms in total. The van der Waals surface area contributed by atoms with Gasteiger partial charge in [0.1, 0.15) is 12.4 Å². The average molecular weight is 431 g/mol. The van der Waals surface area contributed by atoms with Gasteiger partial charge < -0.3 is 19.6 Å². The van der Waals surface area contributed by atoms with Crippen LogP contribution < -0.4 is 4.74 Å². The van der Waals surface area contributed by atoms with Gasteiger partial charge in [-0.15, -0.1) is 0 Å². The van der Waals surface area contributed by atoms with E-state index in [-0.39, 0.29) is 5.41 Å². The van der Waals surface area contributed by atoms with Crippen molar-refractivity contribution in [3.05, 3.63) is 29.8 Å². The number of hydrogen-bond donors (Lipinski definition) is 1. The van der Waals surface area contributed by atoms with Crippen LogP contribution in [0.25, 0.3) is 0 Å². The third-order valence-electron chi connectivity index (χ3n) is 8.04. The molecule has 3 fully saturated rings. The molecule has 3 aliphatic heterocycles. The summed E-state index contributed by atoms with van der Waals surface area (Å²) >= 11 is 0. The van der Waals surface area contributed by atoms with E-state index >= 15 is 0 Å². The molecule has 0 spiro atoms. The molecule has 6 heteroatoms. The van der Waals surface area contributed by atoms with Crippen LogP contribution in [0.15, 0.2) is 24.3 Å². The molecule has 2 atom stereocenters. The molecular weight excluding hydrogens is 388 g/mol. The zero-order valence-electron chi connectivity index (χ0n) is 19.6. The number of aliphatic hydroxyl groups excluding tert-OH is 1. The fourth-order valence-corrected chi connectivity index (χ4v) is 5.85. The molecule has 0 radical (unpaired) electrons. The Morgan fingerprint density at radius 3 is 2.55 bits per heavy atom. The number of likely N-dealkylation sites (N-methyl/N-ethyl adjacent to an activating group) is 2. The predicted octanol–water partition coefficient (Wildman–Crippen LogP) is 1.98. The molecule has 31 heavy (non-hydrogen) atoms. The van der Waals surface area contributed by atoms with Crippen LogP contribution in [0.4, 0.5) is 0 Å². The molecule has 174 valence electrons. The number of ether oxygens (including phenoxy) is 1. The topological polar surface area (TPSA) is 42.4 Å². The van der Waals surface area contributed by atoms with E-state index in [4.69, 9.17) is 4.74 Å². The van der Waals surface area contributed by atoms with Gasteiger partial charge in [-0.1, -0.05) is 25.1 Å². The van der Waals surface area contributed by atoms with Crippen molar-refractivity contribution in [2.45, 2.75) is 38.8 Å². The van der Waals surface area contributed by atoms with Gasteiger partial charge in [-0.05, 0) is 52.0 Å². The second kappa shape index (κ2) is 10.6. The predicted molar refractivity (Wildman–Crippen MR) is 126 cm³/mol. The summed E-state index contributed by atoms with van der Waals surface area (Å²) < 4.78 is 6.27. The quantitative estimate of drug-likeness (QED) is 0.680. The van der Waals surface area contributed by atoms with E-state index in [0.29, 0.717) is 12.6 Å². The highest BCUT2D eigenvalue weighted by Crippen LogP contribution is 2.42. The Bertz CT molecular complexity index is 694. The van der Waals surface area contributed by atoms with Crippen molar-refractivity contribution in [3.8, 4) is 5.75 Å². The number of piperazine rings is 1. The summed E-state index contributed by atoms with van der Waals surface area (Å²) in [5, 5.41) is 10.2. The van der Waals surface area contributed by atoms with Gasteiger partial charge in [0.25, 0.3) is 0 Å². The highest BCUT2D eigenvalue weighted by atomic mass is 16.5. The molecule has 3 saturated heterocycles. The number of aliphatic hydroxyl groups is 1. The lowest BCUT2D eigenvalue weighted by Gasteiger charge is -2.53. The van der Waals surface area contributed by atoms with Crippen LogP contribution in [0.1, 0.15) is 31.7 Å². The maximum atomic E-state index is 10.2. The number of fused-ring (bicyclic) bond motifs is 1. The second-order valence-electron chi connectivity index (χ2n) is 9.84. The second-order valence-corrected chi connectivity index (χ2v) is 9.84. The first kappa shape index (κ1) is 23.0. The molecule has 0 bridgehead atoms. The number of rotatable bonds is 8. The molecule has 0 amide bonds. The first-order valence-electron chi connectivity index (χ1n) is 12.3. The smallest absolute Gasteiger partial charge is 0.123 e. The van der Waals surface area contributed by atoms with Crippen molar-refractivity contribution in [2.75, 3.05) is 79.2 Å². The Morgan fingerprint density at radius 1 is 1.00 bits per heavy atom. The number of benzene rings is 1. The van der Waals surface area contributed by atoms with Gasteiger partial charge in [-0.25, -0.2) is 0 Å². The molecule has 1 aromatic carbocycles. The average Bonchev–Trinajstić information content (AvgIpc) is 2.81. The van der Waals surface area contributed by atoms with Crippen molar-refractivity contribution in [3.63, 3.8) is 0 Å². The lowest BCUT2D eigenvalue weighted by molar-refractivity contribution is -0.0685. The number of nitrogens with zero attached hydrogens (tertiary/aromatic N) is 4. The van der Waals surface area contributed by atoms with Crippen LogP contribution in [-0.2, 0) is 6.54 Å². The van der Waals surface area contributed by atoms with Gasteiger partial charge >= 0.3 is 0 Å². The number of piperidine rings is 2. The summed E-state index contributed by atoms with van der Waals surface area (Å²) in [6.07, 6.45) is 3.46. The molecule has 1 N–H and O–H groups in total. The van der Waals surface area contributed by atoms with E-state index in [1.165, 1.54) is 31.5 Å². The van der Waals surface area contributed by atoms with Crippen LogP contribution >= 0.6 is 0 Å². The minimum absolute atomic E-state index is 0.0985. The van der Waals surface area contributed by atoms with E-state index in [0.717, 1.165) is 71.1 Å². The minimum Gasteiger partial charge on any atom is -0.492 e. The molecular formula is C25H42N4O2. The third-order valence-corrected chi connectivity index (χ3v) is 8.04. The summed E-state index contributed by atoms with van der Waals surface area (Å²) in [7, 11) is 2.23. The summed E-state index contributed by atoms with van der Waals surface area (Å²) in [6.45, 7) is 14.3. The lowest BCUT2D eigenvalue weighted by atomic mass is 9.69. The SMILES string of the molecule is CCN1CCN(CCOc2ccccc2CN2CC[C@@]3(CO)CCCN(C)[C@@H]3C2)CC1. The van der Waals surface area contributed by atoms with E-state index in [9.17, 15) is 5.11 Å². The highest BCUT2D eigenvalue weighted by Gasteiger charge is 2.46. The standard InChI is InChI=1S/C25H42N4O2/c1-3-27-13-15-28(16-14-27)17-18-31-23-8-5-4-7-22(23)19-29-12-10-25(21-30)9-6-11-26(2)24(25)20-29/h4-5,7-8,24,30H,3,6,9-21H2,1-2H3/t24-,25-/m1/s1. The molecule has 0 aromatic heterocycles. The largest absolute Gasteiger partial charge is 0.492 e. The summed E-state index contributed by atoms with van der Waals surface area (Å²) in [4.78, 5) is 10.1. The Kier molecular flexibility index (Phi) is 7.88. The summed E-state index contributed by atoms with van der Waals surface area (Å²) in [5.41, 5.74) is 1.38. The van der Waals surface area contributed by atoms with Crippen molar-refractivity contribution in [2.24, 2.45) is 5.41 Å². The Hall–Kier alpha value is -1.18. The fourth-order valence-electron chi connectivity index (χ4n) is 5.85. The van der Waals surface area contributed by atoms with Crippen LogP contribution in [0.3, 0.4) is 0 Å². The van der Waals surface area contributed by atoms with E-state index in [1.807, 2.05) is 0 Å². The first-order valence-corrected chi connectivity index (χ1v) is 12.3. The van der Waals surface area contributed by atoms with Gasteiger partial charge in [-0.3, -0.25) is 9.80 Å². The van der Waals surface area contributed by atoms with Crippen molar-refractivity contribution >= 4 is 0 Å². The van der Waals surface area contributed by atoms with Gasteiger partial charge in [0, 0.05) is 62.8 Å². The van der Waals surface area contributed by atoms with Gasteiger partial charge in [0.05, 0.1) is 6.61 Å². The maximum absolute atomic E-state index is 10.2. The number of para-hydroxylation sites is 1. The van der Waals surface area contributed by atoms with Crippen LogP contribution in [-0.4, -0.2) is 110 Å². The third kappa shape index (κ3) is 5.42. The Labute approximate surface area is 188 Å². The zero-order valence-corrected chi connectivity index (χ0v) is 19.6. The molecule has 3 aliphatic rings. The van der Waals surface area contributed by atoms with Crippen LogP contribution in [0, 0.1) is 5.41 Å². The first-order chi connectivity index (χ1) is 15.1. The van der Waals surface area contributed by atoms with Crippen LogP contribution in [0.2, 0.25) is 0 Å². The molecule has 0 aliphatic carbocycles. The van der Waals surface area contributed by atoms with Gasteiger partial charge in [-0.2, -0.15) is 0 Å². The van der Waals surface area contributed by atoms with E-state index in [1.54, 1.807) is 0 Å². The number of likely N-dealkylation sites (tertiary alicyclic amines) is 2. The van der Waals surface area contributed by atoms with E-state index in [2.05, 4.69) is 57.8 Å². The van der Waals surface area contributed by atoms with Crippen molar-refractivity contribution in [1.82, 2.24) is 19.6 Å². The molecule has 3 heterocycles. The summed E-state index contributed by atoms with van der Waals surface area (Å²) in [6, 6.07) is 9.00.